The van der Waals surface area contributed by atoms with Gasteiger partial charge < -0.3 is 14.8 Å². The second kappa shape index (κ2) is 7.58. The minimum absolute atomic E-state index is 0.382. The quantitative estimate of drug-likeness (QED) is 0.652. The van der Waals surface area contributed by atoms with Gasteiger partial charge in [0.1, 0.15) is 12.4 Å². The Kier molecular flexibility index (Phi) is 5.51. The number of hydrogen-bond acceptors (Lipinski definition) is 6. The molecule has 0 saturated heterocycles. The van der Waals surface area contributed by atoms with E-state index in [0.29, 0.717) is 30.4 Å². The molecule has 6 nitrogen and oxygen atoms in total. The van der Waals surface area contributed by atoms with Gasteiger partial charge in [-0.25, -0.2) is 14.8 Å². The van der Waals surface area contributed by atoms with E-state index in [0.717, 1.165) is 17.0 Å². The Morgan fingerprint density at radius 3 is 2.52 bits per heavy atom. The fourth-order valence-corrected chi connectivity index (χ4v) is 2.01. The average molecular weight is 315 g/mol. The Bertz CT molecular complexity index is 678. The third-order valence-electron chi connectivity index (χ3n) is 3.54. The topological polar surface area (TPSA) is 73.3 Å². The smallest absolute Gasteiger partial charge is 0.337 e. The van der Waals surface area contributed by atoms with Gasteiger partial charge in [-0.15, -0.1) is 0 Å². The van der Waals surface area contributed by atoms with Crippen LogP contribution in [0.4, 0.5) is 5.95 Å². The molecule has 6 heteroatoms. The molecule has 2 rings (SSSR count). The number of methoxy groups -OCH3 is 1. The fraction of sp³-hybridized carbons (Fsp3) is 0.353. The zero-order valence-electron chi connectivity index (χ0n) is 13.8. The van der Waals surface area contributed by atoms with Crippen molar-refractivity contribution in [2.24, 2.45) is 0 Å². The lowest BCUT2D eigenvalue weighted by atomic mass is 10.2. The number of hydrogen-bond donors (Lipinski definition) is 1. The number of nitrogens with one attached hydrogen (secondary N) is 1. The van der Waals surface area contributed by atoms with Gasteiger partial charge >= 0.3 is 5.97 Å². The van der Waals surface area contributed by atoms with Crippen LogP contribution in [-0.4, -0.2) is 36.2 Å². The van der Waals surface area contributed by atoms with Crippen molar-refractivity contribution >= 4 is 11.9 Å². The number of carbonyl (C=O) groups excluding carboxylic acids is 1. The summed E-state index contributed by atoms with van der Waals surface area (Å²) in [6.45, 7) is 6.92. The Hall–Kier alpha value is -2.63. The molecule has 0 radical (unpaired) electrons. The first-order valence-corrected chi connectivity index (χ1v) is 7.38. The standard InChI is InChI=1S/C17H21N3O3/c1-11-12(2)19-17(20-13(11)3)18-8-9-23-15-7-5-6-14(10-15)16(21)22-4/h5-7,10H,8-9H2,1-4H3,(H,18,19,20). The van der Waals surface area contributed by atoms with E-state index in [4.69, 9.17) is 4.74 Å². The number of ether oxygens (including phenoxy) is 2. The van der Waals surface area contributed by atoms with E-state index < -0.39 is 0 Å². The van der Waals surface area contributed by atoms with E-state index in [1.54, 1.807) is 24.3 Å². The zero-order valence-corrected chi connectivity index (χ0v) is 13.8. The minimum atomic E-state index is -0.382. The Morgan fingerprint density at radius 1 is 1.17 bits per heavy atom. The van der Waals surface area contributed by atoms with Crippen molar-refractivity contribution in [3.8, 4) is 5.75 Å². The summed E-state index contributed by atoms with van der Waals surface area (Å²) in [4.78, 5) is 20.2. The molecule has 1 N–H and O–H groups in total. The van der Waals surface area contributed by atoms with Crippen LogP contribution in [0, 0.1) is 20.8 Å². The van der Waals surface area contributed by atoms with Gasteiger partial charge in [-0.05, 0) is 44.5 Å². The van der Waals surface area contributed by atoms with Crippen LogP contribution in [0.3, 0.4) is 0 Å². The van der Waals surface area contributed by atoms with E-state index in [9.17, 15) is 4.79 Å². The normalized spacial score (nSPS) is 10.3. The van der Waals surface area contributed by atoms with Gasteiger partial charge in [-0.2, -0.15) is 0 Å². The third-order valence-corrected chi connectivity index (χ3v) is 3.54. The highest BCUT2D eigenvalue weighted by atomic mass is 16.5. The zero-order chi connectivity index (χ0) is 16.8. The summed E-state index contributed by atoms with van der Waals surface area (Å²) in [6, 6.07) is 6.89. The monoisotopic (exact) mass is 315 g/mol. The highest BCUT2D eigenvalue weighted by Gasteiger charge is 2.06. The molecule has 23 heavy (non-hydrogen) atoms. The van der Waals surface area contributed by atoms with Crippen molar-refractivity contribution < 1.29 is 14.3 Å². The predicted octanol–water partition coefficient (Wildman–Crippen LogP) is 2.68. The number of anilines is 1. The molecule has 0 aliphatic heterocycles. The number of esters is 1. The number of aryl methyl sites for hydroxylation is 2. The van der Waals surface area contributed by atoms with Gasteiger partial charge in [0.25, 0.3) is 0 Å². The van der Waals surface area contributed by atoms with E-state index in [2.05, 4.69) is 20.0 Å². The van der Waals surface area contributed by atoms with Crippen LogP contribution in [0.2, 0.25) is 0 Å². The number of rotatable bonds is 6. The lowest BCUT2D eigenvalue weighted by Crippen LogP contribution is -2.14. The van der Waals surface area contributed by atoms with E-state index >= 15 is 0 Å². The molecule has 1 aromatic heterocycles. The molecule has 1 aromatic carbocycles. The van der Waals surface area contributed by atoms with E-state index in [1.807, 2.05) is 20.8 Å². The molecule has 0 spiro atoms. The Morgan fingerprint density at radius 2 is 1.87 bits per heavy atom. The van der Waals surface area contributed by atoms with Gasteiger partial charge in [-0.3, -0.25) is 0 Å². The van der Waals surface area contributed by atoms with Crippen molar-refractivity contribution in [1.82, 2.24) is 9.97 Å². The van der Waals surface area contributed by atoms with Gasteiger partial charge in [0.2, 0.25) is 5.95 Å². The first-order chi connectivity index (χ1) is 11.0. The fourth-order valence-electron chi connectivity index (χ4n) is 2.01. The van der Waals surface area contributed by atoms with E-state index in [-0.39, 0.29) is 5.97 Å². The summed E-state index contributed by atoms with van der Waals surface area (Å²) >= 11 is 0. The highest BCUT2D eigenvalue weighted by Crippen LogP contribution is 2.14. The maximum atomic E-state index is 11.5. The average Bonchev–Trinajstić information content (AvgIpc) is 2.56. The van der Waals surface area contributed by atoms with Crippen LogP contribution < -0.4 is 10.1 Å². The molecular formula is C17H21N3O3. The SMILES string of the molecule is COC(=O)c1cccc(OCCNc2nc(C)c(C)c(C)n2)c1. The molecule has 0 saturated carbocycles. The van der Waals surface area contributed by atoms with Crippen molar-refractivity contribution in [1.29, 1.82) is 0 Å². The molecule has 0 amide bonds. The molecule has 1 heterocycles. The van der Waals surface area contributed by atoms with E-state index in [1.165, 1.54) is 7.11 Å². The molecule has 0 atom stereocenters. The van der Waals surface area contributed by atoms with Crippen molar-refractivity contribution in [3.05, 3.63) is 46.8 Å². The molecule has 122 valence electrons. The van der Waals surface area contributed by atoms with Crippen molar-refractivity contribution in [2.75, 3.05) is 25.6 Å². The van der Waals surface area contributed by atoms with Gasteiger partial charge in [-0.1, -0.05) is 6.07 Å². The van der Waals surface area contributed by atoms with Gasteiger partial charge in [0, 0.05) is 11.4 Å². The molecule has 0 bridgehead atoms. The van der Waals surface area contributed by atoms with Crippen LogP contribution in [0.5, 0.6) is 5.75 Å². The summed E-state index contributed by atoms with van der Waals surface area (Å²) < 4.78 is 10.3. The number of benzene rings is 1. The third kappa shape index (κ3) is 4.42. The summed E-state index contributed by atoms with van der Waals surface area (Å²) in [5.74, 6) is 0.831. The van der Waals surface area contributed by atoms with Crippen LogP contribution in [0.25, 0.3) is 0 Å². The number of carbonyl (C=O) groups is 1. The number of nitrogens with zero attached hydrogens (tertiary/aromatic N) is 2. The molecule has 0 unspecified atom stereocenters. The lowest BCUT2D eigenvalue weighted by molar-refractivity contribution is 0.0600. The Labute approximate surface area is 135 Å². The number of aromatic nitrogens is 2. The van der Waals surface area contributed by atoms with Crippen LogP contribution >= 0.6 is 0 Å². The summed E-state index contributed by atoms with van der Waals surface area (Å²) in [6.07, 6.45) is 0. The first-order valence-electron chi connectivity index (χ1n) is 7.38. The summed E-state index contributed by atoms with van der Waals surface area (Å²) in [7, 11) is 1.35. The largest absolute Gasteiger partial charge is 0.492 e. The lowest BCUT2D eigenvalue weighted by Gasteiger charge is -2.10. The molecular weight excluding hydrogens is 294 g/mol. The molecule has 2 aromatic rings. The second-order valence-corrected chi connectivity index (χ2v) is 5.14. The molecule has 0 aliphatic rings. The predicted molar refractivity (Wildman–Crippen MR) is 88.0 cm³/mol. The van der Waals surface area contributed by atoms with Crippen LogP contribution in [0.15, 0.2) is 24.3 Å². The van der Waals surface area contributed by atoms with Crippen LogP contribution in [-0.2, 0) is 4.74 Å². The molecule has 0 fully saturated rings. The maximum Gasteiger partial charge on any atom is 0.337 e. The van der Waals surface area contributed by atoms with Gasteiger partial charge in [0.15, 0.2) is 0 Å². The maximum absolute atomic E-state index is 11.5. The first kappa shape index (κ1) is 16.7. The van der Waals surface area contributed by atoms with Crippen molar-refractivity contribution in [3.63, 3.8) is 0 Å². The van der Waals surface area contributed by atoms with Crippen molar-refractivity contribution in [2.45, 2.75) is 20.8 Å². The minimum Gasteiger partial charge on any atom is -0.492 e. The molecule has 0 aliphatic carbocycles. The Balaban J connectivity index is 1.87. The van der Waals surface area contributed by atoms with Crippen LogP contribution in [0.1, 0.15) is 27.3 Å². The van der Waals surface area contributed by atoms with Gasteiger partial charge in [0.05, 0.1) is 19.2 Å². The second-order valence-electron chi connectivity index (χ2n) is 5.14. The summed E-state index contributed by atoms with van der Waals surface area (Å²) in [5, 5.41) is 3.13. The highest BCUT2D eigenvalue weighted by molar-refractivity contribution is 5.89. The summed E-state index contributed by atoms with van der Waals surface area (Å²) in [5.41, 5.74) is 3.50.